The van der Waals surface area contributed by atoms with E-state index in [1.54, 1.807) is 6.20 Å². The van der Waals surface area contributed by atoms with E-state index in [9.17, 15) is 4.39 Å². The fourth-order valence-corrected chi connectivity index (χ4v) is 2.62. The molecule has 1 heterocycles. The number of rotatable bonds is 2. The van der Waals surface area contributed by atoms with E-state index in [2.05, 4.69) is 18.5 Å². The maximum Gasteiger partial charge on any atom is 0.124 e. The standard InChI is InChI=1S/C19H21FN2/c1-12-7-5-6-8-17(12)19(21)14(3)18-13(2)11-16(20)9-10-22-15(18)4/h5-10,16,21-22H,2,4,11H2,1,3H3/b10-9-,18-14+,21-19?. The number of halogens is 1. The molecule has 1 aliphatic rings. The van der Waals surface area contributed by atoms with Crippen LogP contribution in [0, 0.1) is 12.3 Å². The summed E-state index contributed by atoms with van der Waals surface area (Å²) in [6, 6.07) is 7.75. The van der Waals surface area contributed by atoms with Crippen LogP contribution in [0.15, 0.2) is 72.1 Å². The summed E-state index contributed by atoms with van der Waals surface area (Å²) < 4.78 is 13.7. The maximum absolute atomic E-state index is 13.7. The molecule has 2 N–H and O–H groups in total. The lowest BCUT2D eigenvalue weighted by atomic mass is 9.89. The van der Waals surface area contributed by atoms with Gasteiger partial charge in [-0.3, -0.25) is 5.41 Å². The summed E-state index contributed by atoms with van der Waals surface area (Å²) in [6.07, 6.45) is 2.15. The van der Waals surface area contributed by atoms with Gasteiger partial charge >= 0.3 is 0 Å². The third-order valence-corrected chi connectivity index (χ3v) is 3.82. The SMILES string of the molecule is C=C1CC(F)/C=C\NC(=C)/C1=C(\C)C(=N)c1ccccc1C. The van der Waals surface area contributed by atoms with Gasteiger partial charge in [-0.1, -0.05) is 37.4 Å². The van der Waals surface area contributed by atoms with Crippen molar-refractivity contribution in [3.63, 3.8) is 0 Å². The van der Waals surface area contributed by atoms with Gasteiger partial charge in [-0.15, -0.1) is 0 Å². The molecule has 0 amide bonds. The van der Waals surface area contributed by atoms with Gasteiger partial charge in [0.1, 0.15) is 6.17 Å². The molecule has 2 nitrogen and oxygen atoms in total. The molecule has 1 aromatic rings. The monoisotopic (exact) mass is 296 g/mol. The first kappa shape index (κ1) is 16.0. The van der Waals surface area contributed by atoms with E-state index < -0.39 is 6.17 Å². The van der Waals surface area contributed by atoms with E-state index in [4.69, 9.17) is 5.41 Å². The van der Waals surface area contributed by atoms with E-state index in [1.165, 1.54) is 6.08 Å². The molecule has 114 valence electrons. The maximum atomic E-state index is 13.7. The largest absolute Gasteiger partial charge is 0.362 e. The molecule has 1 aromatic carbocycles. The zero-order chi connectivity index (χ0) is 16.3. The Labute approximate surface area is 131 Å². The van der Waals surface area contributed by atoms with Crippen molar-refractivity contribution >= 4 is 5.71 Å². The van der Waals surface area contributed by atoms with Gasteiger partial charge in [-0.05, 0) is 42.8 Å². The number of hydrogen-bond acceptors (Lipinski definition) is 2. The van der Waals surface area contributed by atoms with Gasteiger partial charge in [0.15, 0.2) is 0 Å². The second-order valence-corrected chi connectivity index (χ2v) is 5.50. The number of benzene rings is 1. The Morgan fingerprint density at radius 3 is 2.68 bits per heavy atom. The van der Waals surface area contributed by atoms with E-state index >= 15 is 0 Å². The highest BCUT2D eigenvalue weighted by atomic mass is 19.1. The number of aryl methyl sites for hydroxylation is 1. The van der Waals surface area contributed by atoms with Crippen molar-refractivity contribution in [1.82, 2.24) is 5.32 Å². The third kappa shape index (κ3) is 3.25. The fourth-order valence-electron chi connectivity index (χ4n) is 2.62. The summed E-state index contributed by atoms with van der Waals surface area (Å²) in [7, 11) is 0. The average Bonchev–Trinajstić information content (AvgIpc) is 2.45. The van der Waals surface area contributed by atoms with Crippen molar-refractivity contribution in [3.05, 3.63) is 83.2 Å². The van der Waals surface area contributed by atoms with Gasteiger partial charge in [0.05, 0.1) is 5.71 Å². The predicted molar refractivity (Wildman–Crippen MR) is 90.8 cm³/mol. The van der Waals surface area contributed by atoms with Crippen LogP contribution in [0.3, 0.4) is 0 Å². The number of hydrogen-bond donors (Lipinski definition) is 2. The molecule has 2 rings (SSSR count). The molecule has 0 aromatic heterocycles. The smallest absolute Gasteiger partial charge is 0.124 e. The van der Waals surface area contributed by atoms with Crippen LogP contribution in [0.25, 0.3) is 0 Å². The van der Waals surface area contributed by atoms with Crippen LogP contribution in [0.1, 0.15) is 24.5 Å². The average molecular weight is 296 g/mol. The Balaban J connectivity index is 2.48. The Morgan fingerprint density at radius 1 is 1.32 bits per heavy atom. The van der Waals surface area contributed by atoms with E-state index in [0.717, 1.165) is 22.3 Å². The molecule has 22 heavy (non-hydrogen) atoms. The summed E-state index contributed by atoms with van der Waals surface area (Å²) in [6.45, 7) is 11.8. The van der Waals surface area contributed by atoms with Crippen molar-refractivity contribution in [2.75, 3.05) is 0 Å². The van der Waals surface area contributed by atoms with E-state index in [0.29, 0.717) is 17.0 Å². The number of nitrogens with one attached hydrogen (secondary N) is 2. The van der Waals surface area contributed by atoms with Gasteiger partial charge < -0.3 is 5.32 Å². The second-order valence-electron chi connectivity index (χ2n) is 5.50. The molecular formula is C19H21FN2. The Bertz CT molecular complexity index is 695. The lowest BCUT2D eigenvalue weighted by Crippen LogP contribution is -2.17. The van der Waals surface area contributed by atoms with Crippen molar-refractivity contribution < 1.29 is 4.39 Å². The Kier molecular flexibility index (Phi) is 4.76. The zero-order valence-electron chi connectivity index (χ0n) is 13.0. The predicted octanol–water partition coefficient (Wildman–Crippen LogP) is 4.59. The summed E-state index contributed by atoms with van der Waals surface area (Å²) in [5.74, 6) is 0. The molecule has 1 atom stereocenters. The van der Waals surface area contributed by atoms with Crippen LogP contribution in [-0.2, 0) is 0 Å². The van der Waals surface area contributed by atoms with Gasteiger partial charge in [0.25, 0.3) is 0 Å². The Hall–Kier alpha value is -2.42. The molecule has 0 radical (unpaired) electrons. The molecular weight excluding hydrogens is 275 g/mol. The first-order valence-electron chi connectivity index (χ1n) is 7.22. The highest BCUT2D eigenvalue weighted by Crippen LogP contribution is 2.28. The first-order chi connectivity index (χ1) is 10.4. The van der Waals surface area contributed by atoms with Crippen LogP contribution in [0.5, 0.6) is 0 Å². The first-order valence-corrected chi connectivity index (χ1v) is 7.22. The van der Waals surface area contributed by atoms with Crippen LogP contribution >= 0.6 is 0 Å². The normalized spacial score (nSPS) is 22.4. The third-order valence-electron chi connectivity index (χ3n) is 3.82. The second kappa shape index (κ2) is 6.56. The van der Waals surface area contributed by atoms with Crippen molar-refractivity contribution in [2.24, 2.45) is 0 Å². The highest BCUT2D eigenvalue weighted by Gasteiger charge is 2.19. The van der Waals surface area contributed by atoms with Gasteiger partial charge in [0, 0.05) is 23.3 Å². The molecule has 0 bridgehead atoms. The summed E-state index contributed by atoms with van der Waals surface area (Å²) in [4.78, 5) is 0. The Morgan fingerprint density at radius 2 is 2.00 bits per heavy atom. The molecule has 0 saturated carbocycles. The fraction of sp³-hybridized carbons (Fsp3) is 0.211. The van der Waals surface area contributed by atoms with Crippen LogP contribution in [0.2, 0.25) is 0 Å². The molecule has 0 saturated heterocycles. The van der Waals surface area contributed by atoms with Crippen LogP contribution in [-0.4, -0.2) is 11.9 Å². The molecule has 0 aliphatic carbocycles. The molecule has 1 aliphatic heterocycles. The minimum absolute atomic E-state index is 0.213. The van der Waals surface area contributed by atoms with Crippen molar-refractivity contribution in [1.29, 1.82) is 5.41 Å². The topological polar surface area (TPSA) is 35.9 Å². The van der Waals surface area contributed by atoms with Crippen molar-refractivity contribution in [3.8, 4) is 0 Å². The van der Waals surface area contributed by atoms with E-state index in [-0.39, 0.29) is 6.42 Å². The van der Waals surface area contributed by atoms with Gasteiger partial charge in [-0.25, -0.2) is 4.39 Å². The lowest BCUT2D eigenvalue weighted by molar-refractivity contribution is 0.397. The molecule has 1 unspecified atom stereocenters. The summed E-state index contributed by atoms with van der Waals surface area (Å²) in [5, 5.41) is 11.5. The number of alkyl halides is 1. The summed E-state index contributed by atoms with van der Waals surface area (Å²) in [5.41, 5.74) is 5.10. The minimum Gasteiger partial charge on any atom is -0.362 e. The van der Waals surface area contributed by atoms with Crippen LogP contribution < -0.4 is 5.32 Å². The molecule has 0 fully saturated rings. The lowest BCUT2D eigenvalue weighted by Gasteiger charge is -2.21. The van der Waals surface area contributed by atoms with Gasteiger partial charge in [-0.2, -0.15) is 0 Å². The number of allylic oxidation sites excluding steroid dienone is 3. The summed E-state index contributed by atoms with van der Waals surface area (Å²) >= 11 is 0. The van der Waals surface area contributed by atoms with E-state index in [1.807, 2.05) is 38.1 Å². The molecule has 3 heteroatoms. The quantitative estimate of drug-likeness (QED) is 0.769. The molecule has 0 spiro atoms. The van der Waals surface area contributed by atoms with Crippen LogP contribution in [0.4, 0.5) is 4.39 Å². The van der Waals surface area contributed by atoms with Crippen molar-refractivity contribution in [2.45, 2.75) is 26.4 Å². The zero-order valence-corrected chi connectivity index (χ0v) is 13.0. The van der Waals surface area contributed by atoms with Gasteiger partial charge in [0.2, 0.25) is 0 Å². The minimum atomic E-state index is -1.08. The highest BCUT2D eigenvalue weighted by molar-refractivity contribution is 6.12.